The van der Waals surface area contributed by atoms with Gasteiger partial charge in [-0.3, -0.25) is 9.59 Å². The van der Waals surface area contributed by atoms with Crippen LogP contribution in [0.2, 0.25) is 0 Å². The Morgan fingerprint density at radius 1 is 1.24 bits per heavy atom. The Labute approximate surface area is 144 Å². The minimum atomic E-state index is -0.712. The molecule has 1 aliphatic heterocycles. The molecule has 0 saturated carbocycles. The molecule has 0 spiro atoms. The molecule has 1 fully saturated rings. The second-order valence-corrected chi connectivity index (χ2v) is 5.93. The van der Waals surface area contributed by atoms with Gasteiger partial charge in [-0.15, -0.1) is 0 Å². The van der Waals surface area contributed by atoms with E-state index in [-0.39, 0.29) is 29.1 Å². The Morgan fingerprint density at radius 3 is 2.44 bits per heavy atom. The van der Waals surface area contributed by atoms with E-state index in [1.165, 1.54) is 20.1 Å². The average molecular weight is 351 g/mol. The lowest BCUT2D eigenvalue weighted by Gasteiger charge is -2.30. The minimum Gasteiger partial charge on any atom is -0.469 e. The van der Waals surface area contributed by atoms with Crippen molar-refractivity contribution in [3.8, 4) is 0 Å². The van der Waals surface area contributed by atoms with Crippen LogP contribution in [0.25, 0.3) is 0 Å². The molecule has 1 aromatic heterocycles. The first kappa shape index (κ1) is 18.7. The van der Waals surface area contributed by atoms with E-state index in [1.54, 1.807) is 11.8 Å². The molecule has 0 unspecified atom stereocenters. The van der Waals surface area contributed by atoms with Crippen LogP contribution in [0.4, 0.5) is 0 Å². The summed E-state index contributed by atoms with van der Waals surface area (Å²) in [4.78, 5) is 48.6. The largest absolute Gasteiger partial charge is 0.469 e. The predicted octanol–water partition coefficient (Wildman–Crippen LogP) is 0.825. The number of esters is 2. The summed E-state index contributed by atoms with van der Waals surface area (Å²) in [5, 5.41) is 0. The number of amides is 1. The lowest BCUT2D eigenvalue weighted by atomic mass is 9.97. The van der Waals surface area contributed by atoms with Gasteiger partial charge in [0.2, 0.25) is 0 Å². The van der Waals surface area contributed by atoms with Crippen molar-refractivity contribution in [2.75, 3.05) is 26.8 Å². The van der Waals surface area contributed by atoms with Crippen LogP contribution in [0.15, 0.2) is 15.3 Å². The topological polar surface area (TPSA) is 103 Å². The van der Waals surface area contributed by atoms with Gasteiger partial charge in [0.25, 0.3) is 5.91 Å². The lowest BCUT2D eigenvalue weighted by Crippen LogP contribution is -2.42. The third-order valence-electron chi connectivity index (χ3n) is 4.25. The molecule has 2 rings (SSSR count). The molecule has 8 heteroatoms. The number of carbonyl (C=O) groups excluding carboxylic acids is 3. The second kappa shape index (κ2) is 7.96. The van der Waals surface area contributed by atoms with Gasteiger partial charge in [0.15, 0.2) is 6.61 Å². The van der Waals surface area contributed by atoms with Crippen molar-refractivity contribution >= 4 is 17.8 Å². The number of hydrogen-bond acceptors (Lipinski definition) is 7. The monoisotopic (exact) mass is 351 g/mol. The maximum Gasteiger partial charge on any atom is 0.342 e. The number of hydrogen-bond donors (Lipinski definition) is 0. The first-order valence-electron chi connectivity index (χ1n) is 7.97. The summed E-state index contributed by atoms with van der Waals surface area (Å²) in [7, 11) is 1.34. The zero-order chi connectivity index (χ0) is 18.6. The first-order valence-corrected chi connectivity index (χ1v) is 7.97. The zero-order valence-corrected chi connectivity index (χ0v) is 14.5. The maximum absolute atomic E-state index is 12.2. The number of nitrogens with zero attached hydrogens (tertiary/aromatic N) is 1. The Balaban J connectivity index is 1.90. The SMILES string of the molecule is COC(=O)C1CCN(C(=O)COC(=O)c2c(C)cc(=O)oc2C)CC1. The zero-order valence-electron chi connectivity index (χ0n) is 14.5. The quantitative estimate of drug-likeness (QED) is 0.740. The normalized spacial score (nSPS) is 14.9. The van der Waals surface area contributed by atoms with Gasteiger partial charge < -0.3 is 18.8 Å². The molecule has 1 aromatic rings. The minimum absolute atomic E-state index is 0.150. The standard InChI is InChI=1S/C17H21NO7/c1-10-8-14(20)25-11(2)15(10)17(22)24-9-13(19)18-6-4-12(5-7-18)16(21)23-3/h8,12H,4-7,9H2,1-3H3. The van der Waals surface area contributed by atoms with Crippen LogP contribution >= 0.6 is 0 Å². The van der Waals surface area contributed by atoms with Crippen LogP contribution in [0.5, 0.6) is 0 Å². The van der Waals surface area contributed by atoms with Gasteiger partial charge in [-0.05, 0) is 32.3 Å². The number of carbonyl (C=O) groups is 3. The highest BCUT2D eigenvalue weighted by atomic mass is 16.5. The molecule has 136 valence electrons. The van der Waals surface area contributed by atoms with E-state index in [0.717, 1.165) is 0 Å². The summed E-state index contributed by atoms with van der Waals surface area (Å²) in [6, 6.07) is 1.20. The first-order chi connectivity index (χ1) is 11.8. The average Bonchev–Trinajstić information content (AvgIpc) is 2.58. The van der Waals surface area contributed by atoms with E-state index >= 15 is 0 Å². The molecule has 1 saturated heterocycles. The summed E-state index contributed by atoms with van der Waals surface area (Å²) in [6.45, 7) is 3.51. The smallest absolute Gasteiger partial charge is 0.342 e. The van der Waals surface area contributed by atoms with E-state index in [4.69, 9.17) is 13.9 Å². The Hall–Kier alpha value is -2.64. The van der Waals surface area contributed by atoms with E-state index in [1.807, 2.05) is 0 Å². The fourth-order valence-electron chi connectivity index (χ4n) is 2.88. The fourth-order valence-corrected chi connectivity index (χ4v) is 2.88. The highest BCUT2D eigenvalue weighted by Gasteiger charge is 2.28. The predicted molar refractivity (Wildman–Crippen MR) is 86.1 cm³/mol. The molecule has 8 nitrogen and oxygen atoms in total. The van der Waals surface area contributed by atoms with Crippen LogP contribution in [-0.2, 0) is 19.1 Å². The van der Waals surface area contributed by atoms with E-state index < -0.39 is 18.2 Å². The number of methoxy groups -OCH3 is 1. The molecular weight excluding hydrogens is 330 g/mol. The van der Waals surface area contributed by atoms with Crippen LogP contribution in [0, 0.1) is 19.8 Å². The van der Waals surface area contributed by atoms with Gasteiger partial charge in [-0.25, -0.2) is 9.59 Å². The third-order valence-corrected chi connectivity index (χ3v) is 4.25. The Morgan fingerprint density at radius 2 is 1.88 bits per heavy atom. The van der Waals surface area contributed by atoms with E-state index in [9.17, 15) is 19.2 Å². The summed E-state index contributed by atoms with van der Waals surface area (Å²) >= 11 is 0. The summed E-state index contributed by atoms with van der Waals surface area (Å²) < 4.78 is 14.6. The summed E-state index contributed by atoms with van der Waals surface area (Å²) in [6.07, 6.45) is 1.04. The maximum atomic E-state index is 12.2. The molecule has 0 atom stereocenters. The van der Waals surface area contributed by atoms with Crippen molar-refractivity contribution in [1.82, 2.24) is 4.90 Å². The fraction of sp³-hybridized carbons (Fsp3) is 0.529. The molecule has 0 aromatic carbocycles. The molecular formula is C17H21NO7. The number of rotatable bonds is 4. The third kappa shape index (κ3) is 4.46. The molecule has 25 heavy (non-hydrogen) atoms. The molecule has 1 aliphatic rings. The number of ether oxygens (including phenoxy) is 2. The van der Waals surface area contributed by atoms with Crippen LogP contribution in [0.3, 0.4) is 0 Å². The van der Waals surface area contributed by atoms with Crippen molar-refractivity contribution in [1.29, 1.82) is 0 Å². The van der Waals surface area contributed by atoms with Crippen LogP contribution in [0.1, 0.15) is 34.5 Å². The van der Waals surface area contributed by atoms with Crippen molar-refractivity contribution in [3.05, 3.63) is 33.4 Å². The van der Waals surface area contributed by atoms with Gasteiger partial charge in [0.05, 0.1) is 13.0 Å². The van der Waals surface area contributed by atoms with E-state index in [2.05, 4.69) is 0 Å². The molecule has 0 N–H and O–H groups in total. The van der Waals surface area contributed by atoms with Gasteiger partial charge in [0, 0.05) is 19.2 Å². The Bertz CT molecular complexity index is 703. The van der Waals surface area contributed by atoms with Crippen LogP contribution < -0.4 is 5.63 Å². The van der Waals surface area contributed by atoms with E-state index in [0.29, 0.717) is 31.5 Å². The highest BCUT2D eigenvalue weighted by molar-refractivity contribution is 5.93. The highest BCUT2D eigenvalue weighted by Crippen LogP contribution is 2.19. The van der Waals surface area contributed by atoms with Crippen molar-refractivity contribution < 1.29 is 28.3 Å². The Kier molecular flexibility index (Phi) is 5.95. The van der Waals surface area contributed by atoms with Crippen molar-refractivity contribution in [2.24, 2.45) is 5.92 Å². The number of likely N-dealkylation sites (tertiary alicyclic amines) is 1. The van der Waals surface area contributed by atoms with Gasteiger partial charge in [-0.2, -0.15) is 0 Å². The summed E-state index contributed by atoms with van der Waals surface area (Å²) in [5.41, 5.74) is 0.0398. The van der Waals surface area contributed by atoms with Crippen molar-refractivity contribution in [2.45, 2.75) is 26.7 Å². The lowest BCUT2D eigenvalue weighted by molar-refractivity contribution is -0.149. The van der Waals surface area contributed by atoms with Crippen molar-refractivity contribution in [3.63, 3.8) is 0 Å². The number of aryl methyl sites for hydroxylation is 2. The molecule has 0 aliphatic carbocycles. The summed E-state index contributed by atoms with van der Waals surface area (Å²) in [5.74, 6) is -1.36. The molecule has 0 radical (unpaired) electrons. The molecule has 0 bridgehead atoms. The molecule has 1 amide bonds. The van der Waals surface area contributed by atoms with Gasteiger partial charge >= 0.3 is 17.6 Å². The second-order valence-electron chi connectivity index (χ2n) is 5.93. The number of piperidine rings is 1. The van der Waals surface area contributed by atoms with Gasteiger partial charge in [0.1, 0.15) is 11.3 Å². The van der Waals surface area contributed by atoms with Crippen LogP contribution in [-0.4, -0.2) is 49.6 Å². The molecule has 2 heterocycles. The van der Waals surface area contributed by atoms with Gasteiger partial charge in [-0.1, -0.05) is 0 Å².